The van der Waals surface area contributed by atoms with E-state index in [0.717, 1.165) is 122 Å². The topological polar surface area (TPSA) is 78.9 Å². The van der Waals surface area contributed by atoms with Crippen LogP contribution in [0.3, 0.4) is 0 Å². The van der Waals surface area contributed by atoms with Crippen LogP contribution in [0.4, 0.5) is 0 Å². The predicted molar refractivity (Wildman–Crippen MR) is 288 cm³/mol. The summed E-state index contributed by atoms with van der Waals surface area (Å²) in [5.74, 6) is -0.907. The smallest absolute Gasteiger partial charge is 0.306 e. The minimum Gasteiger partial charge on any atom is -0.462 e. The summed E-state index contributed by atoms with van der Waals surface area (Å²) in [6.07, 6.45) is 71.4. The van der Waals surface area contributed by atoms with Crippen LogP contribution in [0.15, 0.2) is 85.1 Å². The quantitative estimate of drug-likeness (QED) is 0.0262. The molecule has 0 bridgehead atoms. The Kier molecular flexibility index (Phi) is 52.4. The van der Waals surface area contributed by atoms with Crippen LogP contribution in [0.25, 0.3) is 0 Å². The van der Waals surface area contributed by atoms with Crippen molar-refractivity contribution in [2.24, 2.45) is 0 Å². The van der Waals surface area contributed by atoms with Gasteiger partial charge >= 0.3 is 17.9 Å². The fourth-order valence-electron chi connectivity index (χ4n) is 7.68. The summed E-state index contributed by atoms with van der Waals surface area (Å²) >= 11 is 0. The molecule has 0 aliphatic heterocycles. The van der Waals surface area contributed by atoms with Crippen molar-refractivity contribution in [3.63, 3.8) is 0 Å². The summed E-state index contributed by atoms with van der Waals surface area (Å²) in [7, 11) is 0. The average Bonchev–Trinajstić information content (AvgIpc) is 3.33. The summed E-state index contributed by atoms with van der Waals surface area (Å²) in [5, 5.41) is 0. The Morgan fingerprint density at radius 1 is 0.313 bits per heavy atom. The SMILES string of the molecule is CC/C=C\C/C=C\C/C=C\C/C=C\C/C=C\CCCCCCCCCC(=O)OCC(COC(=O)CCCCCCCCCCCC)OC(=O)CCCCCCC/C=C\C/C=C\CCCCCC. The first-order chi connectivity index (χ1) is 33.0. The van der Waals surface area contributed by atoms with Crippen molar-refractivity contribution in [1.82, 2.24) is 0 Å². The van der Waals surface area contributed by atoms with Crippen LogP contribution in [0, 0.1) is 0 Å². The minimum atomic E-state index is -0.787. The van der Waals surface area contributed by atoms with Gasteiger partial charge in [-0.1, -0.05) is 234 Å². The van der Waals surface area contributed by atoms with Crippen molar-refractivity contribution in [3.8, 4) is 0 Å². The van der Waals surface area contributed by atoms with Gasteiger partial charge in [0.2, 0.25) is 0 Å². The Balaban J connectivity index is 4.34. The molecule has 0 fully saturated rings. The highest BCUT2D eigenvalue weighted by atomic mass is 16.6. The lowest BCUT2D eigenvalue weighted by atomic mass is 10.1. The number of hydrogen-bond donors (Lipinski definition) is 0. The molecule has 0 aliphatic carbocycles. The maximum atomic E-state index is 12.8. The van der Waals surface area contributed by atoms with Gasteiger partial charge in [0.1, 0.15) is 13.2 Å². The molecule has 0 radical (unpaired) electrons. The van der Waals surface area contributed by atoms with Crippen LogP contribution in [0.5, 0.6) is 0 Å². The molecule has 0 aromatic rings. The first kappa shape index (κ1) is 63.6. The van der Waals surface area contributed by atoms with Crippen LogP contribution >= 0.6 is 0 Å². The number of hydrogen-bond acceptors (Lipinski definition) is 6. The number of ether oxygens (including phenoxy) is 3. The number of unbranched alkanes of at least 4 members (excludes halogenated alkanes) is 25. The molecule has 0 aromatic carbocycles. The zero-order valence-corrected chi connectivity index (χ0v) is 43.9. The molecular weight excluding hydrogens is 829 g/mol. The maximum absolute atomic E-state index is 12.8. The molecule has 0 amide bonds. The third-order valence-electron chi connectivity index (χ3n) is 11.9. The molecule has 0 aromatic heterocycles. The summed E-state index contributed by atoms with van der Waals surface area (Å²) < 4.78 is 16.8. The standard InChI is InChI=1S/C61H104O6/c1-4-7-10-13-16-19-22-24-26-28-29-30-31-32-33-34-36-37-39-42-45-48-51-54-60(63)66-57-58(56-65-59(62)53-50-47-44-41-21-18-15-12-9-6-3)67-61(64)55-52-49-46-43-40-38-35-27-25-23-20-17-14-11-8-5-2/h7,10,16,19-20,23-24,26-27,29-30,32-33,35,58H,4-6,8-9,11-15,17-18,21-22,25,28,31,34,36-57H2,1-3H3/b10-7-,19-16-,23-20-,26-24-,30-29-,33-32-,35-27-. The molecule has 0 saturated carbocycles. The highest BCUT2D eigenvalue weighted by Crippen LogP contribution is 2.15. The fourth-order valence-corrected chi connectivity index (χ4v) is 7.68. The van der Waals surface area contributed by atoms with E-state index in [9.17, 15) is 14.4 Å². The van der Waals surface area contributed by atoms with Gasteiger partial charge in [0.05, 0.1) is 0 Å². The van der Waals surface area contributed by atoms with Crippen LogP contribution < -0.4 is 0 Å². The van der Waals surface area contributed by atoms with Gasteiger partial charge in [-0.3, -0.25) is 14.4 Å². The Labute approximate surface area is 414 Å². The minimum absolute atomic E-state index is 0.0844. The molecule has 1 unspecified atom stereocenters. The summed E-state index contributed by atoms with van der Waals surface area (Å²) in [6, 6.07) is 0. The molecule has 0 spiro atoms. The molecule has 0 N–H and O–H groups in total. The number of rotatable bonds is 50. The van der Waals surface area contributed by atoms with Crippen molar-refractivity contribution in [2.45, 2.75) is 271 Å². The predicted octanol–water partition coefficient (Wildman–Crippen LogP) is 18.8. The first-order valence-electron chi connectivity index (χ1n) is 28.1. The third kappa shape index (κ3) is 53.4. The zero-order valence-electron chi connectivity index (χ0n) is 43.9. The van der Waals surface area contributed by atoms with E-state index in [2.05, 4.69) is 106 Å². The van der Waals surface area contributed by atoms with Crippen molar-refractivity contribution in [1.29, 1.82) is 0 Å². The molecule has 0 rings (SSSR count). The van der Waals surface area contributed by atoms with Gasteiger partial charge in [0, 0.05) is 19.3 Å². The Bertz CT molecular complexity index is 1300. The number of esters is 3. The normalized spacial score (nSPS) is 12.7. The highest BCUT2D eigenvalue weighted by molar-refractivity contribution is 5.71. The lowest BCUT2D eigenvalue weighted by Gasteiger charge is -2.18. The molecule has 67 heavy (non-hydrogen) atoms. The average molecular weight is 933 g/mol. The van der Waals surface area contributed by atoms with Crippen molar-refractivity contribution < 1.29 is 28.6 Å². The van der Waals surface area contributed by atoms with Gasteiger partial charge in [0.15, 0.2) is 6.10 Å². The van der Waals surface area contributed by atoms with Gasteiger partial charge in [-0.15, -0.1) is 0 Å². The molecule has 1 atom stereocenters. The largest absolute Gasteiger partial charge is 0.462 e. The van der Waals surface area contributed by atoms with Crippen LogP contribution in [0.1, 0.15) is 265 Å². The number of carbonyl (C=O) groups is 3. The van der Waals surface area contributed by atoms with E-state index in [0.29, 0.717) is 19.3 Å². The molecular formula is C61H104O6. The second kappa shape index (κ2) is 55.2. The van der Waals surface area contributed by atoms with Crippen LogP contribution in [-0.2, 0) is 28.6 Å². The van der Waals surface area contributed by atoms with Gasteiger partial charge in [0.25, 0.3) is 0 Å². The van der Waals surface area contributed by atoms with Crippen LogP contribution in [-0.4, -0.2) is 37.2 Å². The first-order valence-corrected chi connectivity index (χ1v) is 28.1. The zero-order chi connectivity index (χ0) is 48.6. The maximum Gasteiger partial charge on any atom is 0.306 e. The van der Waals surface area contributed by atoms with Crippen molar-refractivity contribution >= 4 is 17.9 Å². The van der Waals surface area contributed by atoms with Crippen molar-refractivity contribution in [2.75, 3.05) is 13.2 Å². The second-order valence-corrected chi connectivity index (χ2v) is 18.5. The third-order valence-corrected chi connectivity index (χ3v) is 11.9. The molecule has 0 aliphatic rings. The van der Waals surface area contributed by atoms with E-state index in [-0.39, 0.29) is 31.1 Å². The van der Waals surface area contributed by atoms with Crippen LogP contribution in [0.2, 0.25) is 0 Å². The molecule has 0 heterocycles. The van der Waals surface area contributed by atoms with Gasteiger partial charge in [-0.25, -0.2) is 0 Å². The molecule has 6 heteroatoms. The van der Waals surface area contributed by atoms with E-state index in [1.165, 1.54) is 103 Å². The van der Waals surface area contributed by atoms with E-state index in [1.54, 1.807) is 0 Å². The summed E-state index contributed by atoms with van der Waals surface area (Å²) in [6.45, 7) is 6.48. The lowest BCUT2D eigenvalue weighted by molar-refractivity contribution is -0.167. The second-order valence-electron chi connectivity index (χ2n) is 18.5. The molecule has 384 valence electrons. The summed E-state index contributed by atoms with van der Waals surface area (Å²) in [4.78, 5) is 38.0. The fraction of sp³-hybridized carbons (Fsp3) is 0.721. The number of allylic oxidation sites excluding steroid dienone is 14. The van der Waals surface area contributed by atoms with E-state index >= 15 is 0 Å². The molecule has 6 nitrogen and oxygen atoms in total. The highest BCUT2D eigenvalue weighted by Gasteiger charge is 2.19. The monoisotopic (exact) mass is 933 g/mol. The number of carbonyl (C=O) groups excluding carboxylic acids is 3. The van der Waals surface area contributed by atoms with E-state index in [1.807, 2.05) is 0 Å². The lowest BCUT2D eigenvalue weighted by Crippen LogP contribution is -2.30. The van der Waals surface area contributed by atoms with E-state index < -0.39 is 6.10 Å². The molecule has 0 saturated heterocycles. The summed E-state index contributed by atoms with van der Waals surface area (Å²) in [5.41, 5.74) is 0. The van der Waals surface area contributed by atoms with Crippen molar-refractivity contribution in [3.05, 3.63) is 85.1 Å². The Morgan fingerprint density at radius 3 is 0.925 bits per heavy atom. The Hall–Kier alpha value is -3.41. The van der Waals surface area contributed by atoms with Gasteiger partial charge in [-0.05, 0) is 96.3 Å². The van der Waals surface area contributed by atoms with E-state index in [4.69, 9.17) is 14.2 Å². The Morgan fingerprint density at radius 2 is 0.582 bits per heavy atom. The van der Waals surface area contributed by atoms with Gasteiger partial charge in [-0.2, -0.15) is 0 Å². The van der Waals surface area contributed by atoms with Gasteiger partial charge < -0.3 is 14.2 Å².